The SMILES string of the molecule is Cc1cc(NC(=O)N2CCOCC2)on1. The zero-order valence-electron chi connectivity index (χ0n) is 8.52. The Kier molecular flexibility index (Phi) is 2.86. The van der Waals surface area contributed by atoms with E-state index in [4.69, 9.17) is 9.26 Å². The average Bonchev–Trinajstić information content (AvgIpc) is 2.65. The molecule has 15 heavy (non-hydrogen) atoms. The molecule has 82 valence electrons. The summed E-state index contributed by atoms with van der Waals surface area (Å²) in [4.78, 5) is 13.3. The highest BCUT2D eigenvalue weighted by Gasteiger charge is 2.17. The molecule has 0 spiro atoms. The number of rotatable bonds is 1. The molecule has 0 radical (unpaired) electrons. The van der Waals surface area contributed by atoms with Gasteiger partial charge in [-0.25, -0.2) is 4.79 Å². The minimum atomic E-state index is -0.172. The van der Waals surface area contributed by atoms with Gasteiger partial charge < -0.3 is 14.2 Å². The maximum absolute atomic E-state index is 11.6. The molecule has 2 rings (SSSR count). The first-order valence-electron chi connectivity index (χ1n) is 4.83. The number of ether oxygens (including phenoxy) is 1. The summed E-state index contributed by atoms with van der Waals surface area (Å²) in [5.41, 5.74) is 0.743. The second-order valence-electron chi connectivity index (χ2n) is 3.36. The highest BCUT2D eigenvalue weighted by Crippen LogP contribution is 2.09. The van der Waals surface area contributed by atoms with Gasteiger partial charge >= 0.3 is 6.03 Å². The maximum atomic E-state index is 11.6. The van der Waals surface area contributed by atoms with Crippen molar-refractivity contribution in [2.75, 3.05) is 31.6 Å². The topological polar surface area (TPSA) is 67.6 Å². The Labute approximate surface area is 87.2 Å². The van der Waals surface area contributed by atoms with Gasteiger partial charge in [0.05, 0.1) is 18.9 Å². The molecule has 0 aromatic carbocycles. The molecule has 6 nitrogen and oxygen atoms in total. The molecule has 0 aliphatic carbocycles. The molecule has 1 aromatic rings. The second kappa shape index (κ2) is 4.31. The van der Waals surface area contributed by atoms with Crippen molar-refractivity contribution in [3.63, 3.8) is 0 Å². The fraction of sp³-hybridized carbons (Fsp3) is 0.556. The van der Waals surface area contributed by atoms with Crippen LogP contribution in [0.25, 0.3) is 0 Å². The number of aryl methyl sites for hydroxylation is 1. The fourth-order valence-corrected chi connectivity index (χ4v) is 1.37. The molecule has 2 heterocycles. The van der Waals surface area contributed by atoms with Crippen molar-refractivity contribution in [3.05, 3.63) is 11.8 Å². The van der Waals surface area contributed by atoms with E-state index in [9.17, 15) is 4.79 Å². The van der Waals surface area contributed by atoms with Crippen LogP contribution in [0.15, 0.2) is 10.6 Å². The molecule has 1 N–H and O–H groups in total. The molecule has 1 saturated heterocycles. The Hall–Kier alpha value is -1.56. The third-order valence-electron chi connectivity index (χ3n) is 2.16. The van der Waals surface area contributed by atoms with Gasteiger partial charge in [-0.2, -0.15) is 0 Å². The van der Waals surface area contributed by atoms with Crippen molar-refractivity contribution in [2.24, 2.45) is 0 Å². The molecule has 2 amide bonds. The van der Waals surface area contributed by atoms with E-state index in [1.807, 2.05) is 0 Å². The maximum Gasteiger partial charge on any atom is 0.324 e. The Bertz CT molecular complexity index is 344. The Morgan fingerprint density at radius 1 is 1.53 bits per heavy atom. The smallest absolute Gasteiger partial charge is 0.324 e. The van der Waals surface area contributed by atoms with Crippen molar-refractivity contribution >= 4 is 11.9 Å². The van der Waals surface area contributed by atoms with Crippen LogP contribution in [-0.2, 0) is 4.74 Å². The van der Waals surface area contributed by atoms with Crippen LogP contribution in [-0.4, -0.2) is 42.4 Å². The summed E-state index contributed by atoms with van der Waals surface area (Å²) in [7, 11) is 0. The Morgan fingerprint density at radius 3 is 2.87 bits per heavy atom. The van der Waals surface area contributed by atoms with Crippen LogP contribution in [0.2, 0.25) is 0 Å². The molecule has 0 unspecified atom stereocenters. The van der Waals surface area contributed by atoms with Gasteiger partial charge in [-0.15, -0.1) is 0 Å². The zero-order valence-corrected chi connectivity index (χ0v) is 8.52. The number of aromatic nitrogens is 1. The average molecular weight is 211 g/mol. The van der Waals surface area contributed by atoms with Crippen molar-refractivity contribution in [1.29, 1.82) is 0 Å². The number of hydrogen-bond donors (Lipinski definition) is 1. The minimum Gasteiger partial charge on any atom is -0.378 e. The predicted molar refractivity (Wildman–Crippen MR) is 52.7 cm³/mol. The first kappa shape index (κ1) is 9.97. The molecular formula is C9H13N3O3. The van der Waals surface area contributed by atoms with Crippen LogP contribution in [0.3, 0.4) is 0 Å². The van der Waals surface area contributed by atoms with E-state index in [1.54, 1.807) is 17.9 Å². The zero-order chi connectivity index (χ0) is 10.7. The Balaban J connectivity index is 1.91. The summed E-state index contributed by atoms with van der Waals surface area (Å²) >= 11 is 0. The summed E-state index contributed by atoms with van der Waals surface area (Å²) in [5.74, 6) is 0.379. The molecule has 0 saturated carbocycles. The number of nitrogens with one attached hydrogen (secondary N) is 1. The second-order valence-corrected chi connectivity index (χ2v) is 3.36. The van der Waals surface area contributed by atoms with Gasteiger partial charge in [0, 0.05) is 19.2 Å². The molecule has 1 aliphatic heterocycles. The quantitative estimate of drug-likeness (QED) is 0.747. The number of carbonyl (C=O) groups excluding carboxylic acids is 1. The molecule has 6 heteroatoms. The van der Waals surface area contributed by atoms with Gasteiger partial charge in [0.1, 0.15) is 0 Å². The van der Waals surface area contributed by atoms with Crippen molar-refractivity contribution < 1.29 is 14.1 Å². The first-order chi connectivity index (χ1) is 7.25. The monoisotopic (exact) mass is 211 g/mol. The number of morpholine rings is 1. The standard InChI is InChI=1S/C9H13N3O3/c1-7-6-8(15-11-7)10-9(13)12-2-4-14-5-3-12/h6H,2-5H2,1H3,(H,10,13). The van der Waals surface area contributed by atoms with Gasteiger partial charge in [0.15, 0.2) is 0 Å². The predicted octanol–water partition coefficient (Wildman–Crippen LogP) is 0.847. The largest absolute Gasteiger partial charge is 0.378 e. The van der Waals surface area contributed by atoms with E-state index in [-0.39, 0.29) is 6.03 Å². The van der Waals surface area contributed by atoms with Crippen LogP contribution < -0.4 is 5.32 Å². The lowest BCUT2D eigenvalue weighted by Gasteiger charge is -2.26. The molecule has 0 atom stereocenters. The third-order valence-corrected chi connectivity index (χ3v) is 2.16. The van der Waals surface area contributed by atoms with Crippen molar-refractivity contribution in [1.82, 2.24) is 10.1 Å². The lowest BCUT2D eigenvalue weighted by atomic mass is 10.4. The van der Waals surface area contributed by atoms with Crippen LogP contribution >= 0.6 is 0 Å². The van der Waals surface area contributed by atoms with Gasteiger partial charge in [-0.1, -0.05) is 5.16 Å². The van der Waals surface area contributed by atoms with Crippen LogP contribution in [0, 0.1) is 6.92 Å². The van der Waals surface area contributed by atoms with Gasteiger partial charge in [-0.3, -0.25) is 5.32 Å². The van der Waals surface area contributed by atoms with Gasteiger partial charge in [0.2, 0.25) is 5.88 Å². The number of carbonyl (C=O) groups is 1. The summed E-state index contributed by atoms with van der Waals surface area (Å²) in [6, 6.07) is 1.51. The minimum absolute atomic E-state index is 0.172. The normalized spacial score (nSPS) is 16.5. The number of amides is 2. The summed E-state index contributed by atoms with van der Waals surface area (Å²) in [6.45, 7) is 4.19. The summed E-state index contributed by atoms with van der Waals surface area (Å²) < 4.78 is 10.0. The summed E-state index contributed by atoms with van der Waals surface area (Å²) in [5, 5.41) is 6.32. The van der Waals surface area contributed by atoms with Crippen molar-refractivity contribution in [3.8, 4) is 0 Å². The number of nitrogens with zero attached hydrogens (tertiary/aromatic N) is 2. The van der Waals surface area contributed by atoms with Gasteiger partial charge in [-0.05, 0) is 6.92 Å². The fourth-order valence-electron chi connectivity index (χ4n) is 1.37. The number of urea groups is 1. The van der Waals surface area contributed by atoms with E-state index in [0.29, 0.717) is 32.2 Å². The van der Waals surface area contributed by atoms with E-state index in [0.717, 1.165) is 5.69 Å². The van der Waals surface area contributed by atoms with Crippen molar-refractivity contribution in [2.45, 2.75) is 6.92 Å². The first-order valence-corrected chi connectivity index (χ1v) is 4.83. The highest BCUT2D eigenvalue weighted by atomic mass is 16.5. The summed E-state index contributed by atoms with van der Waals surface area (Å²) in [6.07, 6.45) is 0. The number of anilines is 1. The van der Waals surface area contributed by atoms with E-state index in [1.165, 1.54) is 0 Å². The lowest BCUT2D eigenvalue weighted by molar-refractivity contribution is 0.0563. The van der Waals surface area contributed by atoms with E-state index < -0.39 is 0 Å². The molecule has 1 aromatic heterocycles. The van der Waals surface area contributed by atoms with Crippen LogP contribution in [0.5, 0.6) is 0 Å². The van der Waals surface area contributed by atoms with Gasteiger partial charge in [0.25, 0.3) is 0 Å². The Morgan fingerprint density at radius 2 is 2.27 bits per heavy atom. The molecule has 1 fully saturated rings. The number of hydrogen-bond acceptors (Lipinski definition) is 4. The molecule has 1 aliphatic rings. The van der Waals surface area contributed by atoms with E-state index in [2.05, 4.69) is 10.5 Å². The van der Waals surface area contributed by atoms with Crippen LogP contribution in [0.1, 0.15) is 5.69 Å². The third kappa shape index (κ3) is 2.47. The van der Waals surface area contributed by atoms with Crippen LogP contribution in [0.4, 0.5) is 10.7 Å². The lowest BCUT2D eigenvalue weighted by Crippen LogP contribution is -2.43. The molecule has 0 bridgehead atoms. The van der Waals surface area contributed by atoms with E-state index >= 15 is 0 Å². The highest BCUT2D eigenvalue weighted by molar-refractivity contribution is 5.87. The molecular weight excluding hydrogens is 198 g/mol.